The molecule has 104 valence electrons. The van der Waals surface area contributed by atoms with Crippen LogP contribution in [-0.2, 0) is 11.3 Å². The first-order valence-electron chi connectivity index (χ1n) is 6.74. The summed E-state index contributed by atoms with van der Waals surface area (Å²) in [4.78, 5) is 11.0. The molecule has 0 aliphatic heterocycles. The number of rotatable bonds is 7. The summed E-state index contributed by atoms with van der Waals surface area (Å²) in [6, 6.07) is 6.07. The van der Waals surface area contributed by atoms with Crippen molar-refractivity contribution in [3.8, 4) is 5.75 Å². The second kappa shape index (κ2) is 5.61. The van der Waals surface area contributed by atoms with E-state index in [1.165, 1.54) is 0 Å². The molecule has 1 aromatic carbocycles. The summed E-state index contributed by atoms with van der Waals surface area (Å²) in [7, 11) is 0. The number of benzene rings is 1. The van der Waals surface area contributed by atoms with E-state index in [2.05, 4.69) is 11.4 Å². The van der Waals surface area contributed by atoms with E-state index in [0.717, 1.165) is 29.7 Å². The van der Waals surface area contributed by atoms with Crippen LogP contribution < -0.4 is 10.1 Å². The average Bonchev–Trinajstić information content (AvgIpc) is 3.14. The van der Waals surface area contributed by atoms with Gasteiger partial charge in [-0.2, -0.15) is 0 Å². The average molecular weight is 263 g/mol. The molecular formula is C15H21NO3. The number of carboxylic acids is 1. The maximum absolute atomic E-state index is 11.0. The molecule has 0 atom stereocenters. The second-order valence-electron chi connectivity index (χ2n) is 5.22. The lowest BCUT2D eigenvalue weighted by Gasteiger charge is -2.12. The van der Waals surface area contributed by atoms with Crippen molar-refractivity contribution in [3.63, 3.8) is 0 Å². The van der Waals surface area contributed by atoms with Gasteiger partial charge in [0.15, 0.2) is 0 Å². The zero-order valence-electron chi connectivity index (χ0n) is 11.5. The van der Waals surface area contributed by atoms with E-state index in [4.69, 9.17) is 9.84 Å². The predicted octanol–water partition coefficient (Wildman–Crippen LogP) is 2.35. The SMILES string of the molecule is CCOc1ccc(CNCC2(C(=O)O)CC2)cc1C. The summed E-state index contributed by atoms with van der Waals surface area (Å²) in [5.41, 5.74) is 1.77. The summed E-state index contributed by atoms with van der Waals surface area (Å²) in [5, 5.41) is 12.3. The van der Waals surface area contributed by atoms with Crippen molar-refractivity contribution < 1.29 is 14.6 Å². The van der Waals surface area contributed by atoms with E-state index in [1.54, 1.807) is 0 Å². The third-order valence-electron chi connectivity index (χ3n) is 3.64. The highest BCUT2D eigenvalue weighted by molar-refractivity contribution is 5.78. The van der Waals surface area contributed by atoms with Crippen LogP contribution in [0.2, 0.25) is 0 Å². The Hall–Kier alpha value is -1.55. The fourth-order valence-electron chi connectivity index (χ4n) is 2.20. The van der Waals surface area contributed by atoms with Crippen molar-refractivity contribution in [3.05, 3.63) is 29.3 Å². The van der Waals surface area contributed by atoms with Gasteiger partial charge in [-0.25, -0.2) is 0 Å². The molecule has 0 aromatic heterocycles. The topological polar surface area (TPSA) is 58.6 Å². The molecule has 0 radical (unpaired) electrons. The van der Waals surface area contributed by atoms with Crippen molar-refractivity contribution in [2.75, 3.05) is 13.2 Å². The molecule has 0 unspecified atom stereocenters. The molecule has 1 saturated carbocycles. The number of carbonyl (C=O) groups is 1. The molecule has 1 aliphatic rings. The number of ether oxygens (including phenoxy) is 1. The molecule has 0 saturated heterocycles. The summed E-state index contributed by atoms with van der Waals surface area (Å²) < 4.78 is 5.49. The van der Waals surface area contributed by atoms with Crippen LogP contribution in [0.1, 0.15) is 30.9 Å². The van der Waals surface area contributed by atoms with Gasteiger partial charge in [-0.05, 0) is 43.9 Å². The molecule has 19 heavy (non-hydrogen) atoms. The van der Waals surface area contributed by atoms with E-state index < -0.39 is 11.4 Å². The molecule has 1 aromatic rings. The van der Waals surface area contributed by atoms with Gasteiger partial charge in [-0.1, -0.05) is 12.1 Å². The van der Waals surface area contributed by atoms with Gasteiger partial charge in [0.05, 0.1) is 12.0 Å². The number of aryl methyl sites for hydroxylation is 1. The van der Waals surface area contributed by atoms with Gasteiger partial charge >= 0.3 is 5.97 Å². The first-order chi connectivity index (χ1) is 9.07. The van der Waals surface area contributed by atoms with Crippen molar-refractivity contribution in [1.82, 2.24) is 5.32 Å². The Morgan fingerprint density at radius 2 is 2.21 bits per heavy atom. The highest BCUT2D eigenvalue weighted by atomic mass is 16.5. The smallest absolute Gasteiger partial charge is 0.310 e. The molecule has 0 bridgehead atoms. The van der Waals surface area contributed by atoms with E-state index in [9.17, 15) is 4.79 Å². The fraction of sp³-hybridized carbons (Fsp3) is 0.533. The summed E-state index contributed by atoms with van der Waals surface area (Å²) in [5.74, 6) is 0.235. The van der Waals surface area contributed by atoms with Gasteiger partial charge in [0.2, 0.25) is 0 Å². The van der Waals surface area contributed by atoms with E-state index >= 15 is 0 Å². The molecule has 1 aliphatic carbocycles. The first-order valence-corrected chi connectivity index (χ1v) is 6.74. The van der Waals surface area contributed by atoms with Crippen LogP contribution in [-0.4, -0.2) is 24.2 Å². The number of aliphatic carboxylic acids is 1. The minimum atomic E-state index is -0.678. The van der Waals surface area contributed by atoms with E-state index in [1.807, 2.05) is 26.0 Å². The minimum absolute atomic E-state index is 0.500. The molecular weight excluding hydrogens is 242 g/mol. The molecule has 2 N–H and O–H groups in total. The normalized spacial score (nSPS) is 16.1. The van der Waals surface area contributed by atoms with Crippen LogP contribution in [0.5, 0.6) is 5.75 Å². The molecule has 4 nitrogen and oxygen atoms in total. The highest BCUT2D eigenvalue weighted by Gasteiger charge is 2.49. The second-order valence-corrected chi connectivity index (χ2v) is 5.22. The van der Waals surface area contributed by atoms with Crippen molar-refractivity contribution >= 4 is 5.97 Å². The highest BCUT2D eigenvalue weighted by Crippen LogP contribution is 2.45. The third-order valence-corrected chi connectivity index (χ3v) is 3.64. The number of hydrogen-bond acceptors (Lipinski definition) is 3. The van der Waals surface area contributed by atoms with Crippen LogP contribution in [0.15, 0.2) is 18.2 Å². The standard InChI is InChI=1S/C15H21NO3/c1-3-19-13-5-4-12(8-11(13)2)9-16-10-15(6-7-15)14(17)18/h4-5,8,16H,3,6-7,9-10H2,1-2H3,(H,17,18). The first kappa shape index (κ1) is 13.9. The van der Waals surface area contributed by atoms with Gasteiger partial charge in [-0.3, -0.25) is 4.79 Å². The number of carboxylic acid groups (broad SMARTS) is 1. The largest absolute Gasteiger partial charge is 0.494 e. The van der Waals surface area contributed by atoms with Crippen molar-refractivity contribution in [1.29, 1.82) is 0 Å². The lowest BCUT2D eigenvalue weighted by Crippen LogP contribution is -2.29. The molecule has 0 amide bonds. The van der Waals surface area contributed by atoms with Crippen LogP contribution >= 0.6 is 0 Å². The summed E-state index contributed by atoms with van der Waals surface area (Å²) in [6.45, 7) is 5.90. The summed E-state index contributed by atoms with van der Waals surface area (Å²) >= 11 is 0. The Morgan fingerprint density at radius 3 is 2.74 bits per heavy atom. The Balaban J connectivity index is 1.86. The molecule has 4 heteroatoms. The van der Waals surface area contributed by atoms with Crippen LogP contribution in [0, 0.1) is 12.3 Å². The zero-order chi connectivity index (χ0) is 13.9. The predicted molar refractivity (Wildman–Crippen MR) is 73.4 cm³/mol. The molecule has 0 spiro atoms. The zero-order valence-corrected chi connectivity index (χ0v) is 11.5. The van der Waals surface area contributed by atoms with Crippen LogP contribution in [0.4, 0.5) is 0 Å². The van der Waals surface area contributed by atoms with Crippen molar-refractivity contribution in [2.45, 2.75) is 33.2 Å². The molecule has 1 fully saturated rings. The maximum Gasteiger partial charge on any atom is 0.310 e. The van der Waals surface area contributed by atoms with Crippen LogP contribution in [0.25, 0.3) is 0 Å². The maximum atomic E-state index is 11.0. The lowest BCUT2D eigenvalue weighted by molar-refractivity contribution is -0.143. The Bertz CT molecular complexity index is 466. The monoisotopic (exact) mass is 263 g/mol. The van der Waals surface area contributed by atoms with E-state index in [-0.39, 0.29) is 0 Å². The van der Waals surface area contributed by atoms with Crippen LogP contribution in [0.3, 0.4) is 0 Å². The third kappa shape index (κ3) is 3.26. The molecule has 0 heterocycles. The molecule has 2 rings (SSSR count). The summed E-state index contributed by atoms with van der Waals surface area (Å²) in [6.07, 6.45) is 1.58. The number of nitrogens with one attached hydrogen (secondary N) is 1. The van der Waals surface area contributed by atoms with Gasteiger partial charge < -0.3 is 15.2 Å². The number of hydrogen-bond donors (Lipinski definition) is 2. The van der Waals surface area contributed by atoms with Crippen molar-refractivity contribution in [2.24, 2.45) is 5.41 Å². The minimum Gasteiger partial charge on any atom is -0.494 e. The lowest BCUT2D eigenvalue weighted by atomic mass is 10.1. The fourth-order valence-corrected chi connectivity index (χ4v) is 2.20. The Labute approximate surface area is 113 Å². The quantitative estimate of drug-likeness (QED) is 0.793. The Kier molecular flexibility index (Phi) is 4.10. The van der Waals surface area contributed by atoms with Gasteiger partial charge in [-0.15, -0.1) is 0 Å². The van der Waals surface area contributed by atoms with Gasteiger partial charge in [0.25, 0.3) is 0 Å². The van der Waals surface area contributed by atoms with Gasteiger partial charge in [0.1, 0.15) is 5.75 Å². The Morgan fingerprint density at radius 1 is 1.47 bits per heavy atom. The van der Waals surface area contributed by atoms with E-state index in [0.29, 0.717) is 19.7 Å². The van der Waals surface area contributed by atoms with Gasteiger partial charge in [0, 0.05) is 13.1 Å².